The Morgan fingerprint density at radius 1 is 0.885 bits per heavy atom. The summed E-state index contributed by atoms with van der Waals surface area (Å²) in [6.45, 7) is 0.434. The molecule has 26 heavy (non-hydrogen) atoms. The number of aliphatic imine (C=N–C) groups is 1. The Bertz CT molecular complexity index is 954. The first kappa shape index (κ1) is 17.2. The number of nitrogens with zero attached hydrogens (tertiary/aromatic N) is 2. The van der Waals surface area contributed by atoms with Gasteiger partial charge in [-0.05, 0) is 54.1 Å². The van der Waals surface area contributed by atoms with Gasteiger partial charge in [-0.3, -0.25) is 4.99 Å². The number of aromatic nitrogens is 1. The maximum Gasteiger partial charge on any atom is 0.335 e. The van der Waals surface area contributed by atoms with E-state index in [0.29, 0.717) is 6.54 Å². The molecule has 0 aliphatic rings. The van der Waals surface area contributed by atoms with Crippen molar-refractivity contribution in [1.29, 1.82) is 0 Å². The molecule has 0 aliphatic heterocycles. The maximum absolute atomic E-state index is 10.9. The van der Waals surface area contributed by atoms with Crippen LogP contribution in [0.5, 0.6) is 0 Å². The Balaban J connectivity index is 1.73. The van der Waals surface area contributed by atoms with Gasteiger partial charge in [0.05, 0.1) is 23.4 Å². The molecule has 0 fully saturated rings. The molecular weight excluding hydrogens is 332 g/mol. The van der Waals surface area contributed by atoms with Crippen molar-refractivity contribution in [3.63, 3.8) is 0 Å². The van der Waals surface area contributed by atoms with Gasteiger partial charge in [-0.25, -0.2) is 9.59 Å². The van der Waals surface area contributed by atoms with E-state index >= 15 is 0 Å². The highest BCUT2D eigenvalue weighted by atomic mass is 16.4. The van der Waals surface area contributed by atoms with Gasteiger partial charge in [0.2, 0.25) is 0 Å². The Morgan fingerprint density at radius 2 is 1.46 bits per heavy atom. The van der Waals surface area contributed by atoms with E-state index in [9.17, 15) is 9.59 Å². The van der Waals surface area contributed by atoms with E-state index in [4.69, 9.17) is 10.2 Å². The van der Waals surface area contributed by atoms with Gasteiger partial charge >= 0.3 is 11.9 Å². The molecule has 0 amide bonds. The molecule has 2 aromatic carbocycles. The molecule has 0 aliphatic carbocycles. The zero-order valence-corrected chi connectivity index (χ0v) is 13.7. The van der Waals surface area contributed by atoms with E-state index in [0.717, 1.165) is 16.9 Å². The number of benzene rings is 2. The molecule has 1 aromatic heterocycles. The van der Waals surface area contributed by atoms with Gasteiger partial charge in [-0.1, -0.05) is 12.1 Å². The Kier molecular flexibility index (Phi) is 4.94. The van der Waals surface area contributed by atoms with E-state index in [2.05, 4.69) is 4.99 Å². The topological polar surface area (TPSA) is 91.9 Å². The van der Waals surface area contributed by atoms with Gasteiger partial charge in [0.25, 0.3) is 0 Å². The number of carboxylic acid groups (broad SMARTS) is 2. The fourth-order valence-electron chi connectivity index (χ4n) is 2.50. The summed E-state index contributed by atoms with van der Waals surface area (Å²) < 4.78 is 1.91. The Morgan fingerprint density at radius 3 is 2.04 bits per heavy atom. The summed E-state index contributed by atoms with van der Waals surface area (Å²) in [7, 11) is 0. The van der Waals surface area contributed by atoms with Crippen LogP contribution in [0.2, 0.25) is 0 Å². The van der Waals surface area contributed by atoms with Crippen molar-refractivity contribution in [2.45, 2.75) is 6.54 Å². The Hall–Kier alpha value is -3.67. The van der Waals surface area contributed by atoms with Gasteiger partial charge in [0, 0.05) is 18.1 Å². The molecule has 0 radical (unpaired) electrons. The van der Waals surface area contributed by atoms with Gasteiger partial charge in [0.1, 0.15) is 0 Å². The lowest BCUT2D eigenvalue weighted by molar-refractivity contribution is 0.0686. The van der Waals surface area contributed by atoms with Crippen LogP contribution in [0.3, 0.4) is 0 Å². The fourth-order valence-corrected chi connectivity index (χ4v) is 2.50. The number of carbonyl (C=O) groups is 2. The molecule has 0 saturated carbocycles. The van der Waals surface area contributed by atoms with Gasteiger partial charge in [-0.2, -0.15) is 0 Å². The first-order chi connectivity index (χ1) is 12.5. The van der Waals surface area contributed by atoms with Crippen LogP contribution in [0, 0.1) is 0 Å². The molecular formula is C20H16N2O4. The first-order valence-electron chi connectivity index (χ1n) is 7.88. The lowest BCUT2D eigenvalue weighted by Gasteiger charge is -2.06. The summed E-state index contributed by atoms with van der Waals surface area (Å²) in [6.07, 6.45) is 3.61. The van der Waals surface area contributed by atoms with Crippen molar-refractivity contribution in [2.75, 3.05) is 0 Å². The largest absolute Gasteiger partial charge is 0.478 e. The van der Waals surface area contributed by atoms with Crippen molar-refractivity contribution in [3.05, 3.63) is 89.2 Å². The second kappa shape index (κ2) is 7.48. The van der Waals surface area contributed by atoms with Crippen LogP contribution in [0.1, 0.15) is 32.0 Å². The van der Waals surface area contributed by atoms with Crippen LogP contribution < -0.4 is 0 Å². The SMILES string of the molecule is O=C(O)c1ccc(CN=Cc2cccn2-c2ccc(C(=O)O)cc2)cc1. The van der Waals surface area contributed by atoms with Crippen molar-refractivity contribution in [2.24, 2.45) is 4.99 Å². The van der Waals surface area contributed by atoms with E-state index in [1.54, 1.807) is 54.7 Å². The van der Waals surface area contributed by atoms with E-state index in [1.807, 2.05) is 22.9 Å². The molecule has 3 rings (SSSR count). The molecule has 0 atom stereocenters. The van der Waals surface area contributed by atoms with Crippen molar-refractivity contribution in [1.82, 2.24) is 4.57 Å². The number of carboxylic acids is 2. The van der Waals surface area contributed by atoms with Gasteiger partial charge in [-0.15, -0.1) is 0 Å². The Labute approximate surface area is 149 Å². The minimum absolute atomic E-state index is 0.237. The second-order valence-corrected chi connectivity index (χ2v) is 5.63. The third-order valence-electron chi connectivity index (χ3n) is 3.87. The van der Waals surface area contributed by atoms with Crippen LogP contribution >= 0.6 is 0 Å². The molecule has 0 spiro atoms. The van der Waals surface area contributed by atoms with Crippen LogP contribution in [0.4, 0.5) is 0 Å². The molecule has 130 valence electrons. The third kappa shape index (κ3) is 3.87. The van der Waals surface area contributed by atoms with E-state index in [1.165, 1.54) is 0 Å². The summed E-state index contributed by atoms with van der Waals surface area (Å²) in [5.41, 5.74) is 3.09. The monoisotopic (exact) mass is 348 g/mol. The summed E-state index contributed by atoms with van der Waals surface area (Å²) in [5, 5.41) is 17.9. The van der Waals surface area contributed by atoms with E-state index in [-0.39, 0.29) is 11.1 Å². The number of hydrogen-bond donors (Lipinski definition) is 2. The quantitative estimate of drug-likeness (QED) is 0.667. The third-order valence-corrected chi connectivity index (χ3v) is 3.87. The van der Waals surface area contributed by atoms with Crippen LogP contribution in [0.15, 0.2) is 71.9 Å². The van der Waals surface area contributed by atoms with Crippen molar-refractivity contribution < 1.29 is 19.8 Å². The number of rotatable bonds is 6. The highest BCUT2D eigenvalue weighted by Gasteiger charge is 2.05. The summed E-state index contributed by atoms with van der Waals surface area (Å²) in [4.78, 5) is 26.2. The van der Waals surface area contributed by atoms with Crippen molar-refractivity contribution in [3.8, 4) is 5.69 Å². The van der Waals surface area contributed by atoms with Gasteiger partial charge < -0.3 is 14.8 Å². The minimum atomic E-state index is -0.959. The summed E-state index contributed by atoms with van der Waals surface area (Å²) in [6, 6.07) is 17.0. The first-order valence-corrected chi connectivity index (χ1v) is 7.88. The van der Waals surface area contributed by atoms with Gasteiger partial charge in [0.15, 0.2) is 0 Å². The number of aromatic carboxylic acids is 2. The molecule has 0 saturated heterocycles. The average molecular weight is 348 g/mol. The maximum atomic E-state index is 10.9. The average Bonchev–Trinajstić information content (AvgIpc) is 3.10. The molecule has 6 nitrogen and oxygen atoms in total. The summed E-state index contributed by atoms with van der Waals surface area (Å²) >= 11 is 0. The highest BCUT2D eigenvalue weighted by Crippen LogP contribution is 2.13. The lowest BCUT2D eigenvalue weighted by atomic mass is 10.1. The predicted octanol–water partition coefficient (Wildman–Crippen LogP) is 3.49. The molecule has 0 unspecified atom stereocenters. The number of hydrogen-bond acceptors (Lipinski definition) is 3. The zero-order chi connectivity index (χ0) is 18.5. The van der Waals surface area contributed by atoms with Crippen molar-refractivity contribution >= 4 is 18.2 Å². The van der Waals surface area contributed by atoms with E-state index < -0.39 is 11.9 Å². The zero-order valence-electron chi connectivity index (χ0n) is 13.7. The predicted molar refractivity (Wildman–Crippen MR) is 97.4 cm³/mol. The summed E-state index contributed by atoms with van der Waals surface area (Å²) in [5.74, 6) is -1.91. The molecule has 0 bridgehead atoms. The molecule has 3 aromatic rings. The minimum Gasteiger partial charge on any atom is -0.478 e. The van der Waals surface area contributed by atoms with Crippen LogP contribution in [-0.4, -0.2) is 32.9 Å². The van der Waals surface area contributed by atoms with Crippen LogP contribution in [-0.2, 0) is 6.54 Å². The molecule has 6 heteroatoms. The molecule has 1 heterocycles. The standard InChI is InChI=1S/C20H16N2O4/c23-19(24)15-5-3-14(4-6-15)12-21-13-18-2-1-11-22(18)17-9-7-16(8-10-17)20(25)26/h1-11,13H,12H2,(H,23,24)(H,25,26). The lowest BCUT2D eigenvalue weighted by Crippen LogP contribution is -2.00. The smallest absolute Gasteiger partial charge is 0.335 e. The normalized spacial score (nSPS) is 10.9. The van der Waals surface area contributed by atoms with Crippen LogP contribution in [0.25, 0.3) is 5.69 Å². The second-order valence-electron chi connectivity index (χ2n) is 5.63. The highest BCUT2D eigenvalue weighted by molar-refractivity contribution is 5.88. The fraction of sp³-hybridized carbons (Fsp3) is 0.0500. The molecule has 2 N–H and O–H groups in total.